The average Bonchev–Trinajstić information content (AvgIpc) is 3.08. The molecule has 152 valence electrons. The van der Waals surface area contributed by atoms with Gasteiger partial charge in [-0.25, -0.2) is 0 Å². The Hall–Kier alpha value is -2.61. The third kappa shape index (κ3) is 4.44. The van der Waals surface area contributed by atoms with Crippen LogP contribution in [0.15, 0.2) is 22.7 Å². The predicted octanol–water partition coefficient (Wildman–Crippen LogP) is 2.79. The standard InChI is InChI=1S/C20H28N4O4/c1-19(2)10-13(11-20(3,4)24-19)21-17(25)18-22-16(23-28-18)12-7-8-14(26-5)15(9-12)27-6/h7-9,13,24H,10-11H2,1-6H3,(H,21,25). The van der Waals surface area contributed by atoms with Gasteiger partial charge in [-0.05, 0) is 58.7 Å². The Bertz CT molecular complexity index is 844. The molecular weight excluding hydrogens is 360 g/mol. The summed E-state index contributed by atoms with van der Waals surface area (Å²) in [7, 11) is 3.12. The molecule has 1 aromatic heterocycles. The molecule has 2 N–H and O–H groups in total. The lowest BCUT2D eigenvalue weighted by molar-refractivity contribution is 0.0830. The average molecular weight is 388 g/mol. The molecule has 28 heavy (non-hydrogen) atoms. The fourth-order valence-corrected chi connectivity index (χ4v) is 4.08. The summed E-state index contributed by atoms with van der Waals surface area (Å²) in [6.07, 6.45) is 1.64. The van der Waals surface area contributed by atoms with Crippen LogP contribution in [0.2, 0.25) is 0 Å². The smallest absolute Gasteiger partial charge is 0.316 e. The van der Waals surface area contributed by atoms with E-state index in [2.05, 4.69) is 48.5 Å². The lowest BCUT2D eigenvalue weighted by atomic mass is 9.79. The van der Waals surface area contributed by atoms with Gasteiger partial charge in [-0.1, -0.05) is 5.16 Å². The minimum atomic E-state index is -0.363. The van der Waals surface area contributed by atoms with Crippen LogP contribution in [0.25, 0.3) is 11.4 Å². The third-order valence-electron chi connectivity index (χ3n) is 4.79. The predicted molar refractivity (Wildman–Crippen MR) is 105 cm³/mol. The Morgan fingerprint density at radius 1 is 1.14 bits per heavy atom. The van der Waals surface area contributed by atoms with Gasteiger partial charge in [-0.2, -0.15) is 4.98 Å². The van der Waals surface area contributed by atoms with E-state index in [0.717, 1.165) is 12.8 Å². The zero-order chi connectivity index (χ0) is 20.5. The number of nitrogens with one attached hydrogen (secondary N) is 2. The molecule has 1 aliphatic heterocycles. The highest BCUT2D eigenvalue weighted by atomic mass is 16.5. The van der Waals surface area contributed by atoms with Gasteiger partial charge in [0, 0.05) is 22.7 Å². The number of nitrogens with zero attached hydrogens (tertiary/aromatic N) is 2. The van der Waals surface area contributed by atoms with Gasteiger partial charge in [0.1, 0.15) is 0 Å². The van der Waals surface area contributed by atoms with Gasteiger partial charge >= 0.3 is 11.8 Å². The van der Waals surface area contributed by atoms with Crippen molar-refractivity contribution in [1.29, 1.82) is 0 Å². The molecule has 1 amide bonds. The van der Waals surface area contributed by atoms with Crippen molar-refractivity contribution in [2.24, 2.45) is 0 Å². The normalized spacial score (nSPS) is 18.5. The summed E-state index contributed by atoms with van der Waals surface area (Å²) in [5.41, 5.74) is 0.531. The van der Waals surface area contributed by atoms with E-state index < -0.39 is 0 Å². The van der Waals surface area contributed by atoms with Crippen molar-refractivity contribution in [3.8, 4) is 22.9 Å². The zero-order valence-corrected chi connectivity index (χ0v) is 17.3. The van der Waals surface area contributed by atoms with Crippen LogP contribution in [0.5, 0.6) is 11.5 Å². The highest BCUT2D eigenvalue weighted by Crippen LogP contribution is 2.31. The number of benzene rings is 1. The largest absolute Gasteiger partial charge is 0.493 e. The van der Waals surface area contributed by atoms with E-state index in [1.54, 1.807) is 32.4 Å². The number of carbonyl (C=O) groups is 1. The molecule has 0 saturated carbocycles. The number of ether oxygens (including phenoxy) is 2. The minimum Gasteiger partial charge on any atom is -0.493 e. The van der Waals surface area contributed by atoms with Gasteiger partial charge in [0.05, 0.1) is 14.2 Å². The fraction of sp³-hybridized carbons (Fsp3) is 0.550. The van der Waals surface area contributed by atoms with Crippen molar-refractivity contribution >= 4 is 5.91 Å². The second-order valence-electron chi connectivity index (χ2n) is 8.46. The highest BCUT2D eigenvalue weighted by Gasteiger charge is 2.38. The first-order valence-corrected chi connectivity index (χ1v) is 9.29. The van der Waals surface area contributed by atoms with Crippen LogP contribution in [0, 0.1) is 0 Å². The zero-order valence-electron chi connectivity index (χ0n) is 17.3. The van der Waals surface area contributed by atoms with E-state index in [1.807, 2.05) is 0 Å². The quantitative estimate of drug-likeness (QED) is 0.812. The first-order valence-electron chi connectivity index (χ1n) is 9.29. The minimum absolute atomic E-state index is 0.0233. The van der Waals surface area contributed by atoms with Gasteiger partial charge in [-0.3, -0.25) is 4.79 Å². The summed E-state index contributed by atoms with van der Waals surface area (Å²) in [6.45, 7) is 8.54. The molecule has 3 rings (SSSR count). The van der Waals surface area contributed by atoms with Gasteiger partial charge in [0.2, 0.25) is 5.82 Å². The molecule has 0 unspecified atom stereocenters. The van der Waals surface area contributed by atoms with Gasteiger partial charge < -0.3 is 24.6 Å². The molecule has 0 aliphatic carbocycles. The molecule has 1 saturated heterocycles. The van der Waals surface area contributed by atoms with Crippen LogP contribution in [-0.4, -0.2) is 47.4 Å². The van der Waals surface area contributed by atoms with Crippen molar-refractivity contribution in [3.05, 3.63) is 24.1 Å². The van der Waals surface area contributed by atoms with E-state index in [9.17, 15) is 4.79 Å². The topological polar surface area (TPSA) is 98.5 Å². The molecule has 1 fully saturated rings. The number of methoxy groups -OCH3 is 2. The molecule has 2 heterocycles. The van der Waals surface area contributed by atoms with Crippen LogP contribution in [-0.2, 0) is 0 Å². The van der Waals surface area contributed by atoms with Crippen LogP contribution in [0.1, 0.15) is 51.2 Å². The van der Waals surface area contributed by atoms with Crippen molar-refractivity contribution in [2.75, 3.05) is 14.2 Å². The van der Waals surface area contributed by atoms with Gasteiger partial charge in [0.25, 0.3) is 0 Å². The van der Waals surface area contributed by atoms with E-state index in [4.69, 9.17) is 14.0 Å². The number of hydrogen-bond donors (Lipinski definition) is 2. The Kier molecular flexibility index (Phi) is 5.34. The Balaban J connectivity index is 1.74. The van der Waals surface area contributed by atoms with Crippen molar-refractivity contribution in [3.63, 3.8) is 0 Å². The van der Waals surface area contributed by atoms with Gasteiger partial charge in [-0.15, -0.1) is 0 Å². The van der Waals surface area contributed by atoms with Crippen LogP contribution in [0.3, 0.4) is 0 Å². The number of rotatable bonds is 5. The van der Waals surface area contributed by atoms with E-state index in [-0.39, 0.29) is 28.9 Å². The summed E-state index contributed by atoms with van der Waals surface area (Å²) < 4.78 is 15.7. The summed E-state index contributed by atoms with van der Waals surface area (Å²) in [5, 5.41) is 10.6. The first-order chi connectivity index (χ1) is 13.1. The Morgan fingerprint density at radius 3 is 2.39 bits per heavy atom. The van der Waals surface area contributed by atoms with Crippen molar-refractivity contribution in [1.82, 2.24) is 20.8 Å². The molecular formula is C20H28N4O4. The molecule has 8 nitrogen and oxygen atoms in total. The number of piperidine rings is 1. The summed E-state index contributed by atoms with van der Waals surface area (Å²) in [5.74, 6) is 1.05. The molecule has 1 aromatic carbocycles. The molecule has 0 spiro atoms. The fourth-order valence-electron chi connectivity index (χ4n) is 4.08. The molecule has 0 atom stereocenters. The maximum Gasteiger partial charge on any atom is 0.316 e. The second-order valence-corrected chi connectivity index (χ2v) is 8.46. The van der Waals surface area contributed by atoms with Crippen LogP contribution >= 0.6 is 0 Å². The monoisotopic (exact) mass is 388 g/mol. The number of carbonyl (C=O) groups excluding carboxylic acids is 1. The SMILES string of the molecule is COc1ccc(-c2noc(C(=O)NC3CC(C)(C)NC(C)(C)C3)n2)cc1OC. The second kappa shape index (κ2) is 7.43. The lowest BCUT2D eigenvalue weighted by Gasteiger charge is -2.46. The maximum atomic E-state index is 12.6. The number of aromatic nitrogens is 2. The molecule has 8 heteroatoms. The van der Waals surface area contributed by atoms with E-state index >= 15 is 0 Å². The van der Waals surface area contributed by atoms with E-state index in [1.165, 1.54) is 0 Å². The maximum absolute atomic E-state index is 12.6. The van der Waals surface area contributed by atoms with Crippen molar-refractivity contribution in [2.45, 2.75) is 57.7 Å². The summed E-state index contributed by atoms with van der Waals surface area (Å²) >= 11 is 0. The Morgan fingerprint density at radius 2 is 1.79 bits per heavy atom. The van der Waals surface area contributed by atoms with Crippen LogP contribution < -0.4 is 20.1 Å². The highest BCUT2D eigenvalue weighted by molar-refractivity contribution is 5.90. The third-order valence-corrected chi connectivity index (χ3v) is 4.79. The first kappa shape index (κ1) is 20.1. The number of hydrogen-bond acceptors (Lipinski definition) is 7. The summed E-state index contributed by atoms with van der Waals surface area (Å²) in [6, 6.07) is 5.30. The van der Waals surface area contributed by atoms with Crippen LogP contribution in [0.4, 0.5) is 0 Å². The van der Waals surface area contributed by atoms with E-state index in [0.29, 0.717) is 22.9 Å². The lowest BCUT2D eigenvalue weighted by Crippen LogP contribution is -2.62. The van der Waals surface area contributed by atoms with Crippen molar-refractivity contribution < 1.29 is 18.8 Å². The molecule has 0 bridgehead atoms. The molecule has 1 aliphatic rings. The summed E-state index contributed by atoms with van der Waals surface area (Å²) in [4.78, 5) is 16.9. The molecule has 0 radical (unpaired) electrons. The number of amides is 1. The van der Waals surface area contributed by atoms with Gasteiger partial charge in [0.15, 0.2) is 11.5 Å². The molecule has 2 aromatic rings. The Labute approximate surface area is 165 Å².